The molecule has 2 saturated carbocycles. The molecule has 2 fully saturated rings. The summed E-state index contributed by atoms with van der Waals surface area (Å²) in [5.41, 5.74) is -0.253. The fourth-order valence-corrected chi connectivity index (χ4v) is 6.56. The molecule has 0 saturated heterocycles. The summed E-state index contributed by atoms with van der Waals surface area (Å²) in [7, 11) is 0. The van der Waals surface area contributed by atoms with E-state index >= 15 is 0 Å². The Morgan fingerprint density at radius 1 is 1.20 bits per heavy atom. The summed E-state index contributed by atoms with van der Waals surface area (Å²) >= 11 is 0. The Morgan fingerprint density at radius 2 is 1.87 bits per heavy atom. The number of carboxylic acid groups (broad SMARTS) is 1. The SMILES string of the molecule is CC=C(C)C(=O)OCC1(C)CCCC2(C)C(CCC(C)CC(=O)O)C(C)(O)CCC12. The molecule has 0 aromatic rings. The Hall–Kier alpha value is -1.36. The van der Waals surface area contributed by atoms with Crippen LogP contribution in [0.3, 0.4) is 0 Å². The molecule has 6 unspecified atom stereocenters. The molecule has 0 aromatic heterocycles. The van der Waals surface area contributed by atoms with Crippen molar-refractivity contribution in [3.05, 3.63) is 11.6 Å². The van der Waals surface area contributed by atoms with Gasteiger partial charge in [-0.05, 0) is 82.5 Å². The van der Waals surface area contributed by atoms with Crippen LogP contribution in [-0.2, 0) is 14.3 Å². The lowest BCUT2D eigenvalue weighted by Gasteiger charge is -2.61. The van der Waals surface area contributed by atoms with Gasteiger partial charge < -0.3 is 14.9 Å². The van der Waals surface area contributed by atoms with E-state index in [1.807, 2.05) is 20.8 Å². The van der Waals surface area contributed by atoms with Crippen LogP contribution in [0, 0.1) is 28.6 Å². The average Bonchev–Trinajstić information content (AvgIpc) is 2.63. The zero-order chi connectivity index (χ0) is 22.7. The Bertz CT molecular complexity index is 666. The molecular weight excluding hydrogens is 380 g/mol. The lowest BCUT2D eigenvalue weighted by atomic mass is 9.45. The van der Waals surface area contributed by atoms with Gasteiger partial charge in [0.25, 0.3) is 0 Å². The van der Waals surface area contributed by atoms with Crippen molar-refractivity contribution in [1.29, 1.82) is 0 Å². The highest BCUT2D eigenvalue weighted by Gasteiger charge is 2.59. The van der Waals surface area contributed by atoms with Gasteiger partial charge in [0.1, 0.15) is 0 Å². The quantitative estimate of drug-likeness (QED) is 0.406. The number of aliphatic hydroxyl groups is 1. The van der Waals surface area contributed by atoms with Crippen LogP contribution in [0.15, 0.2) is 11.6 Å². The molecule has 5 nitrogen and oxygen atoms in total. The first-order valence-corrected chi connectivity index (χ1v) is 11.6. The minimum atomic E-state index is -0.759. The number of rotatable bonds is 8. The van der Waals surface area contributed by atoms with Crippen LogP contribution in [0.25, 0.3) is 0 Å². The minimum absolute atomic E-state index is 0.0419. The number of esters is 1. The summed E-state index contributed by atoms with van der Waals surface area (Å²) in [4.78, 5) is 23.3. The van der Waals surface area contributed by atoms with Crippen molar-refractivity contribution in [1.82, 2.24) is 0 Å². The topological polar surface area (TPSA) is 83.8 Å². The van der Waals surface area contributed by atoms with Crippen molar-refractivity contribution in [3.63, 3.8) is 0 Å². The molecule has 0 aliphatic heterocycles. The minimum Gasteiger partial charge on any atom is -0.481 e. The largest absolute Gasteiger partial charge is 0.481 e. The first-order chi connectivity index (χ1) is 13.9. The second-order valence-electron chi connectivity index (χ2n) is 10.8. The Balaban J connectivity index is 2.20. The number of hydrogen-bond donors (Lipinski definition) is 2. The Morgan fingerprint density at radius 3 is 2.47 bits per heavy atom. The smallest absolute Gasteiger partial charge is 0.333 e. The van der Waals surface area contributed by atoms with Gasteiger partial charge >= 0.3 is 11.9 Å². The predicted molar refractivity (Wildman–Crippen MR) is 118 cm³/mol. The van der Waals surface area contributed by atoms with E-state index in [4.69, 9.17) is 9.84 Å². The van der Waals surface area contributed by atoms with E-state index in [0.717, 1.165) is 44.9 Å². The fourth-order valence-electron chi connectivity index (χ4n) is 6.56. The van der Waals surface area contributed by atoms with E-state index in [-0.39, 0.29) is 35.1 Å². The first kappa shape index (κ1) is 24.9. The molecule has 2 rings (SSSR count). The van der Waals surface area contributed by atoms with Crippen LogP contribution < -0.4 is 0 Å². The highest BCUT2D eigenvalue weighted by Crippen LogP contribution is 2.63. The maximum Gasteiger partial charge on any atom is 0.333 e. The van der Waals surface area contributed by atoms with Crippen molar-refractivity contribution >= 4 is 11.9 Å². The van der Waals surface area contributed by atoms with Crippen LogP contribution in [-0.4, -0.2) is 34.4 Å². The molecule has 5 heteroatoms. The Kier molecular flexibility index (Phi) is 7.82. The third-order valence-electron chi connectivity index (χ3n) is 8.35. The molecule has 172 valence electrons. The third kappa shape index (κ3) is 5.27. The summed E-state index contributed by atoms with van der Waals surface area (Å²) < 4.78 is 5.73. The van der Waals surface area contributed by atoms with Gasteiger partial charge in [-0.1, -0.05) is 33.3 Å². The molecule has 0 spiro atoms. The van der Waals surface area contributed by atoms with E-state index in [1.54, 1.807) is 13.0 Å². The number of carbonyl (C=O) groups is 2. The van der Waals surface area contributed by atoms with Crippen LogP contribution in [0.1, 0.15) is 92.9 Å². The van der Waals surface area contributed by atoms with E-state index in [2.05, 4.69) is 13.8 Å². The normalized spacial score (nSPS) is 37.9. The van der Waals surface area contributed by atoms with Crippen molar-refractivity contribution in [2.24, 2.45) is 28.6 Å². The van der Waals surface area contributed by atoms with E-state index in [0.29, 0.717) is 18.1 Å². The molecular formula is C25H42O5. The van der Waals surface area contributed by atoms with Crippen molar-refractivity contribution < 1.29 is 24.5 Å². The van der Waals surface area contributed by atoms with E-state index in [1.165, 1.54) is 0 Å². The molecule has 30 heavy (non-hydrogen) atoms. The number of hydrogen-bond acceptors (Lipinski definition) is 4. The average molecular weight is 423 g/mol. The molecule has 0 heterocycles. The monoisotopic (exact) mass is 422 g/mol. The van der Waals surface area contributed by atoms with Crippen LogP contribution >= 0.6 is 0 Å². The van der Waals surface area contributed by atoms with Gasteiger partial charge in [-0.2, -0.15) is 0 Å². The van der Waals surface area contributed by atoms with Gasteiger partial charge in [-0.3, -0.25) is 4.79 Å². The molecule has 6 atom stereocenters. The molecule has 2 N–H and O–H groups in total. The molecule has 0 amide bonds. The number of aliphatic carboxylic acids is 1. The maximum atomic E-state index is 12.3. The summed E-state index contributed by atoms with van der Waals surface area (Å²) in [5, 5.41) is 20.4. The number of ether oxygens (including phenoxy) is 1. The number of allylic oxidation sites excluding steroid dienone is 1. The Labute approximate surface area is 182 Å². The highest BCUT2D eigenvalue weighted by atomic mass is 16.5. The molecule has 0 bridgehead atoms. The van der Waals surface area contributed by atoms with Crippen LogP contribution in [0.2, 0.25) is 0 Å². The number of carbonyl (C=O) groups excluding carboxylic acids is 1. The number of fused-ring (bicyclic) bond motifs is 1. The predicted octanol–water partition coefficient (Wildman–Crippen LogP) is 5.36. The van der Waals surface area contributed by atoms with E-state index < -0.39 is 11.6 Å². The zero-order valence-electron chi connectivity index (χ0n) is 19.8. The molecule has 2 aliphatic rings. The molecule has 0 aromatic carbocycles. The summed E-state index contributed by atoms with van der Waals surface area (Å²) in [6, 6.07) is 0. The summed E-state index contributed by atoms with van der Waals surface area (Å²) in [5.74, 6) is -0.412. The fraction of sp³-hybridized carbons (Fsp3) is 0.840. The second-order valence-corrected chi connectivity index (χ2v) is 10.8. The van der Waals surface area contributed by atoms with Crippen molar-refractivity contribution in [2.75, 3.05) is 6.61 Å². The lowest BCUT2D eigenvalue weighted by Crippen LogP contribution is -2.59. The standard InChI is InChI=1S/C25H42O5/c1-7-18(3)22(28)30-16-23(4)12-8-13-24(5)19(23)11-14-25(6,29)20(24)10-9-17(2)15-21(26)27/h7,17,19-20,29H,8-16H2,1-6H3,(H,26,27). The lowest BCUT2D eigenvalue weighted by molar-refractivity contribution is -0.186. The summed E-state index contributed by atoms with van der Waals surface area (Å²) in [6.45, 7) is 12.5. The second kappa shape index (κ2) is 9.42. The first-order valence-electron chi connectivity index (χ1n) is 11.6. The van der Waals surface area contributed by atoms with Gasteiger partial charge in [0.15, 0.2) is 0 Å². The molecule has 2 aliphatic carbocycles. The summed E-state index contributed by atoms with van der Waals surface area (Å²) in [6.07, 6.45) is 8.41. The van der Waals surface area contributed by atoms with Gasteiger partial charge in [0.2, 0.25) is 0 Å². The third-order valence-corrected chi connectivity index (χ3v) is 8.35. The van der Waals surface area contributed by atoms with Gasteiger partial charge in [-0.25, -0.2) is 4.79 Å². The molecule has 0 radical (unpaired) electrons. The van der Waals surface area contributed by atoms with Gasteiger partial charge in [0, 0.05) is 17.4 Å². The van der Waals surface area contributed by atoms with Crippen LogP contribution in [0.5, 0.6) is 0 Å². The van der Waals surface area contributed by atoms with Crippen LogP contribution in [0.4, 0.5) is 0 Å². The highest BCUT2D eigenvalue weighted by molar-refractivity contribution is 5.87. The van der Waals surface area contributed by atoms with Gasteiger partial charge in [-0.15, -0.1) is 0 Å². The van der Waals surface area contributed by atoms with E-state index in [9.17, 15) is 14.7 Å². The number of carboxylic acids is 1. The van der Waals surface area contributed by atoms with Crippen molar-refractivity contribution in [3.8, 4) is 0 Å². The van der Waals surface area contributed by atoms with Gasteiger partial charge in [0.05, 0.1) is 12.2 Å². The van der Waals surface area contributed by atoms with Crippen molar-refractivity contribution in [2.45, 2.75) is 98.5 Å². The zero-order valence-corrected chi connectivity index (χ0v) is 19.8. The maximum absolute atomic E-state index is 12.3.